The smallest absolute Gasteiger partial charge is 0.255 e. The highest BCUT2D eigenvalue weighted by molar-refractivity contribution is 5.99. The molecule has 0 spiro atoms. The Kier molecular flexibility index (Phi) is 4.78. The molecule has 4 rings (SSSR count). The van der Waals surface area contributed by atoms with Crippen LogP contribution in [0.1, 0.15) is 16.1 Å². The first-order valence-electron chi connectivity index (χ1n) is 8.67. The Labute approximate surface area is 156 Å². The predicted molar refractivity (Wildman–Crippen MR) is 102 cm³/mol. The summed E-state index contributed by atoms with van der Waals surface area (Å²) in [6.45, 7) is 0.481. The van der Waals surface area contributed by atoms with Crippen molar-refractivity contribution in [2.24, 2.45) is 0 Å². The number of aromatic nitrogens is 3. The second kappa shape index (κ2) is 7.70. The molecule has 0 radical (unpaired) electrons. The van der Waals surface area contributed by atoms with E-state index in [4.69, 9.17) is 4.42 Å². The normalized spacial score (nSPS) is 10.7. The Hall–Kier alpha value is -3.67. The number of carbonyl (C=O) groups excluding carboxylic acids is 1. The van der Waals surface area contributed by atoms with E-state index in [2.05, 4.69) is 15.4 Å². The van der Waals surface area contributed by atoms with E-state index in [0.717, 1.165) is 17.0 Å². The maximum Gasteiger partial charge on any atom is 0.255 e. The van der Waals surface area contributed by atoms with E-state index < -0.39 is 0 Å². The van der Waals surface area contributed by atoms with E-state index in [1.165, 1.54) is 0 Å². The molecule has 0 aliphatic carbocycles. The minimum absolute atomic E-state index is 0.178. The zero-order valence-electron chi connectivity index (χ0n) is 14.6. The molecule has 0 fully saturated rings. The van der Waals surface area contributed by atoms with Crippen LogP contribution in [0.4, 0.5) is 0 Å². The average Bonchev–Trinajstić information content (AvgIpc) is 3.39. The van der Waals surface area contributed by atoms with Gasteiger partial charge in [0.2, 0.25) is 0 Å². The molecule has 4 aromatic rings. The number of hydrogen-bond donors (Lipinski definition) is 1. The number of nitrogens with zero attached hydrogens (tertiary/aromatic N) is 3. The van der Waals surface area contributed by atoms with Crippen LogP contribution in [0, 0.1) is 0 Å². The van der Waals surface area contributed by atoms with E-state index in [0.29, 0.717) is 24.2 Å². The molecule has 3 heterocycles. The van der Waals surface area contributed by atoms with E-state index >= 15 is 0 Å². The van der Waals surface area contributed by atoms with Crippen LogP contribution in [0.2, 0.25) is 0 Å². The first-order chi connectivity index (χ1) is 13.3. The minimum Gasteiger partial charge on any atom is -0.469 e. The van der Waals surface area contributed by atoms with Gasteiger partial charge in [-0.25, -0.2) is 4.68 Å². The van der Waals surface area contributed by atoms with Gasteiger partial charge in [-0.1, -0.05) is 18.2 Å². The third-order valence-corrected chi connectivity index (χ3v) is 4.15. The van der Waals surface area contributed by atoms with Gasteiger partial charge in [0, 0.05) is 37.1 Å². The van der Waals surface area contributed by atoms with Crippen LogP contribution in [-0.4, -0.2) is 27.2 Å². The van der Waals surface area contributed by atoms with Crippen molar-refractivity contribution in [1.29, 1.82) is 0 Å². The molecule has 6 heteroatoms. The zero-order chi connectivity index (χ0) is 18.5. The molecule has 0 bridgehead atoms. The van der Waals surface area contributed by atoms with Gasteiger partial charge in [-0.2, -0.15) is 5.10 Å². The van der Waals surface area contributed by atoms with Gasteiger partial charge in [0.15, 0.2) is 0 Å². The summed E-state index contributed by atoms with van der Waals surface area (Å²) in [5.41, 5.74) is 2.79. The van der Waals surface area contributed by atoms with Gasteiger partial charge in [-0.05, 0) is 36.4 Å². The first kappa shape index (κ1) is 16.8. The lowest BCUT2D eigenvalue weighted by Gasteiger charge is -2.04. The number of furan rings is 1. The lowest BCUT2D eigenvalue weighted by molar-refractivity contribution is 0.0954. The number of rotatable bonds is 6. The Morgan fingerprint density at radius 3 is 2.70 bits per heavy atom. The average molecular weight is 358 g/mol. The molecule has 0 aliphatic rings. The summed E-state index contributed by atoms with van der Waals surface area (Å²) in [5.74, 6) is 0.658. The summed E-state index contributed by atoms with van der Waals surface area (Å²) in [7, 11) is 0. The quantitative estimate of drug-likeness (QED) is 0.572. The summed E-state index contributed by atoms with van der Waals surface area (Å²) in [6.07, 6.45) is 7.41. The van der Waals surface area contributed by atoms with Crippen LogP contribution in [0.3, 0.4) is 0 Å². The third-order valence-electron chi connectivity index (χ3n) is 4.15. The Morgan fingerprint density at radius 1 is 1.07 bits per heavy atom. The van der Waals surface area contributed by atoms with Gasteiger partial charge < -0.3 is 9.73 Å². The molecule has 1 N–H and O–H groups in total. The molecule has 0 atom stereocenters. The number of carbonyl (C=O) groups is 1. The summed E-state index contributed by atoms with van der Waals surface area (Å²) in [5, 5.41) is 7.57. The molecule has 6 nitrogen and oxygen atoms in total. The summed E-state index contributed by atoms with van der Waals surface area (Å²) in [6, 6.07) is 17.1. The van der Waals surface area contributed by atoms with Crippen molar-refractivity contribution in [1.82, 2.24) is 20.1 Å². The molecule has 1 aromatic carbocycles. The van der Waals surface area contributed by atoms with Gasteiger partial charge in [0.25, 0.3) is 5.91 Å². The van der Waals surface area contributed by atoms with Crippen molar-refractivity contribution < 1.29 is 9.21 Å². The van der Waals surface area contributed by atoms with Crippen molar-refractivity contribution >= 4 is 5.91 Å². The molecule has 27 heavy (non-hydrogen) atoms. The standard InChI is InChI=1S/C21H18N4O2/c26-21(23-12-10-18-9-5-13-27-18)19-15-25(17-7-2-1-3-8-17)24-20(19)16-6-4-11-22-14-16/h1-9,11,13-15H,10,12H2,(H,23,26). The molecule has 0 saturated heterocycles. The van der Waals surface area contributed by atoms with Crippen LogP contribution in [-0.2, 0) is 6.42 Å². The molecule has 134 valence electrons. The maximum absolute atomic E-state index is 12.8. The van der Waals surface area contributed by atoms with Crippen molar-refractivity contribution in [3.63, 3.8) is 0 Å². The summed E-state index contributed by atoms with van der Waals surface area (Å²) >= 11 is 0. The Balaban J connectivity index is 1.61. The summed E-state index contributed by atoms with van der Waals surface area (Å²) < 4.78 is 7.01. The molecular weight excluding hydrogens is 340 g/mol. The van der Waals surface area contributed by atoms with Crippen molar-refractivity contribution in [2.45, 2.75) is 6.42 Å². The van der Waals surface area contributed by atoms with E-state index in [-0.39, 0.29) is 5.91 Å². The lowest BCUT2D eigenvalue weighted by Crippen LogP contribution is -2.25. The van der Waals surface area contributed by atoms with Crippen LogP contribution >= 0.6 is 0 Å². The summed E-state index contributed by atoms with van der Waals surface area (Å²) in [4.78, 5) is 16.9. The van der Waals surface area contributed by atoms with Crippen LogP contribution in [0.25, 0.3) is 16.9 Å². The third kappa shape index (κ3) is 3.79. The predicted octanol–water partition coefficient (Wildman–Crippen LogP) is 3.50. The molecule has 0 saturated carbocycles. The van der Waals surface area contributed by atoms with E-state index in [1.807, 2.05) is 54.6 Å². The van der Waals surface area contributed by atoms with E-state index in [1.54, 1.807) is 29.5 Å². The Bertz CT molecular complexity index is 1010. The topological polar surface area (TPSA) is 73.0 Å². The highest BCUT2D eigenvalue weighted by Crippen LogP contribution is 2.23. The van der Waals surface area contributed by atoms with Gasteiger partial charge in [0.1, 0.15) is 11.5 Å². The molecular formula is C21H18N4O2. The fourth-order valence-electron chi connectivity index (χ4n) is 2.82. The fourth-order valence-corrected chi connectivity index (χ4v) is 2.82. The molecule has 0 aliphatic heterocycles. The largest absolute Gasteiger partial charge is 0.469 e. The second-order valence-electron chi connectivity index (χ2n) is 6.00. The van der Waals surface area contributed by atoms with Gasteiger partial charge >= 0.3 is 0 Å². The fraction of sp³-hybridized carbons (Fsp3) is 0.0952. The number of pyridine rings is 1. The monoisotopic (exact) mass is 358 g/mol. The Morgan fingerprint density at radius 2 is 1.96 bits per heavy atom. The minimum atomic E-state index is -0.178. The molecule has 3 aromatic heterocycles. The van der Waals surface area contributed by atoms with Gasteiger partial charge in [-0.15, -0.1) is 0 Å². The zero-order valence-corrected chi connectivity index (χ0v) is 14.6. The number of nitrogens with one attached hydrogen (secondary N) is 1. The number of hydrogen-bond acceptors (Lipinski definition) is 4. The lowest BCUT2D eigenvalue weighted by atomic mass is 10.1. The van der Waals surface area contributed by atoms with Gasteiger partial charge in [0.05, 0.1) is 17.5 Å². The second-order valence-corrected chi connectivity index (χ2v) is 6.00. The molecule has 0 unspecified atom stereocenters. The maximum atomic E-state index is 12.8. The van der Waals surface area contributed by atoms with Gasteiger partial charge in [-0.3, -0.25) is 9.78 Å². The number of benzene rings is 1. The highest BCUT2D eigenvalue weighted by atomic mass is 16.3. The van der Waals surface area contributed by atoms with Crippen molar-refractivity contribution in [3.05, 3.63) is 90.8 Å². The molecule has 1 amide bonds. The van der Waals surface area contributed by atoms with E-state index in [9.17, 15) is 4.79 Å². The van der Waals surface area contributed by atoms with Crippen LogP contribution in [0.15, 0.2) is 83.9 Å². The van der Waals surface area contributed by atoms with Crippen molar-refractivity contribution in [3.8, 4) is 16.9 Å². The highest BCUT2D eigenvalue weighted by Gasteiger charge is 2.18. The van der Waals surface area contributed by atoms with Crippen LogP contribution in [0.5, 0.6) is 0 Å². The SMILES string of the molecule is O=C(NCCc1ccco1)c1cn(-c2ccccc2)nc1-c1cccnc1. The number of para-hydroxylation sites is 1. The number of amides is 1. The first-order valence-corrected chi connectivity index (χ1v) is 8.67. The van der Waals surface area contributed by atoms with Crippen molar-refractivity contribution in [2.75, 3.05) is 6.54 Å². The van der Waals surface area contributed by atoms with Crippen LogP contribution < -0.4 is 5.32 Å².